The summed E-state index contributed by atoms with van der Waals surface area (Å²) in [5, 5.41) is 15.6. The van der Waals surface area contributed by atoms with Crippen LogP contribution < -0.4 is 20.1 Å². The Kier molecular flexibility index (Phi) is 8.69. The van der Waals surface area contributed by atoms with Gasteiger partial charge in [-0.3, -0.25) is 9.59 Å². The fraction of sp³-hybridized carbons (Fsp3) is 0.391. The molecule has 3 N–H and O–H groups in total. The van der Waals surface area contributed by atoms with Gasteiger partial charge in [0.15, 0.2) is 11.5 Å². The van der Waals surface area contributed by atoms with Gasteiger partial charge in [0.1, 0.15) is 5.75 Å². The molecule has 0 radical (unpaired) electrons. The van der Waals surface area contributed by atoms with E-state index in [0.29, 0.717) is 29.1 Å². The Morgan fingerprint density at radius 2 is 1.68 bits per heavy atom. The zero-order valence-corrected chi connectivity index (χ0v) is 18.7. The Balaban J connectivity index is 2.15. The summed E-state index contributed by atoms with van der Waals surface area (Å²) in [7, 11) is 2.91. The topological polar surface area (TPSA) is 100 Å². The molecule has 2 aromatic carbocycles. The van der Waals surface area contributed by atoms with E-state index >= 15 is 0 Å². The molecule has 8 nitrogen and oxygen atoms in total. The van der Waals surface area contributed by atoms with Crippen molar-refractivity contribution in [2.75, 3.05) is 45.7 Å². The van der Waals surface area contributed by atoms with Crippen LogP contribution in [-0.4, -0.2) is 62.2 Å². The molecule has 168 valence electrons. The highest BCUT2D eigenvalue weighted by Gasteiger charge is 2.17. The predicted molar refractivity (Wildman–Crippen MR) is 120 cm³/mol. The smallest absolute Gasteiger partial charge is 0.255 e. The molecule has 0 fully saturated rings. The minimum absolute atomic E-state index is 0.124. The molecule has 2 rings (SSSR count). The zero-order chi connectivity index (χ0) is 23.0. The highest BCUT2D eigenvalue weighted by Crippen LogP contribution is 2.29. The van der Waals surface area contributed by atoms with Gasteiger partial charge in [-0.05, 0) is 49.8 Å². The number of ether oxygens (including phenoxy) is 2. The van der Waals surface area contributed by atoms with Crippen molar-refractivity contribution >= 4 is 17.5 Å². The molecule has 31 heavy (non-hydrogen) atoms. The van der Waals surface area contributed by atoms with Crippen molar-refractivity contribution in [1.82, 2.24) is 10.2 Å². The first-order valence-corrected chi connectivity index (χ1v) is 10.2. The van der Waals surface area contributed by atoms with E-state index in [1.54, 1.807) is 25.1 Å². The van der Waals surface area contributed by atoms with E-state index in [9.17, 15) is 14.7 Å². The Hall–Kier alpha value is -3.26. The van der Waals surface area contributed by atoms with Gasteiger partial charge in [-0.15, -0.1) is 0 Å². The van der Waals surface area contributed by atoms with E-state index in [1.165, 1.54) is 26.4 Å². The average Bonchev–Trinajstić information content (AvgIpc) is 2.77. The molecule has 0 aliphatic carbocycles. The van der Waals surface area contributed by atoms with E-state index in [1.807, 2.05) is 0 Å². The van der Waals surface area contributed by atoms with E-state index in [-0.39, 0.29) is 23.0 Å². The first kappa shape index (κ1) is 24.0. The maximum absolute atomic E-state index is 12.7. The van der Waals surface area contributed by atoms with Crippen molar-refractivity contribution in [3.05, 3.63) is 47.0 Å². The molecule has 0 aliphatic rings. The number of amides is 2. The van der Waals surface area contributed by atoms with Gasteiger partial charge in [0.2, 0.25) is 0 Å². The van der Waals surface area contributed by atoms with Crippen molar-refractivity contribution in [3.63, 3.8) is 0 Å². The van der Waals surface area contributed by atoms with Crippen LogP contribution in [0.4, 0.5) is 5.69 Å². The highest BCUT2D eigenvalue weighted by atomic mass is 16.5. The number of rotatable bonds is 10. The summed E-state index contributed by atoms with van der Waals surface area (Å²) in [6, 6.07) is 7.71. The molecule has 0 aromatic heterocycles. The standard InChI is InChI=1S/C23H31N3O5/c1-6-26(7-2)11-10-24-23(29)17-12-15(3)18(14-21(17)31-5)25-22(28)16-8-9-20(30-4)19(27)13-16/h8-9,12-14,27H,6-7,10-11H2,1-5H3,(H,24,29)(H,25,28). The van der Waals surface area contributed by atoms with Crippen LogP contribution in [-0.2, 0) is 0 Å². The lowest BCUT2D eigenvalue weighted by molar-refractivity contribution is 0.0945. The number of likely N-dealkylation sites (N-methyl/N-ethyl adjacent to an activating group) is 1. The molecule has 0 bridgehead atoms. The quantitative estimate of drug-likeness (QED) is 0.537. The van der Waals surface area contributed by atoms with Crippen LogP contribution in [0, 0.1) is 6.92 Å². The number of aromatic hydroxyl groups is 1. The SMILES string of the molecule is CCN(CC)CCNC(=O)c1cc(C)c(NC(=O)c2ccc(OC)c(O)c2)cc1OC. The molecular formula is C23H31N3O5. The fourth-order valence-electron chi connectivity index (χ4n) is 3.16. The van der Waals surface area contributed by atoms with Crippen molar-refractivity contribution in [2.45, 2.75) is 20.8 Å². The van der Waals surface area contributed by atoms with E-state index in [4.69, 9.17) is 9.47 Å². The summed E-state index contributed by atoms with van der Waals surface area (Å²) in [6.07, 6.45) is 0. The van der Waals surface area contributed by atoms with Crippen LogP contribution in [0.15, 0.2) is 30.3 Å². The Morgan fingerprint density at radius 3 is 2.26 bits per heavy atom. The Bertz CT molecular complexity index is 926. The average molecular weight is 430 g/mol. The van der Waals surface area contributed by atoms with Gasteiger partial charge < -0.3 is 30.1 Å². The van der Waals surface area contributed by atoms with Crippen LogP contribution in [0.2, 0.25) is 0 Å². The normalized spacial score (nSPS) is 10.6. The molecule has 0 unspecified atom stereocenters. The molecule has 0 saturated heterocycles. The van der Waals surface area contributed by atoms with Crippen LogP contribution in [0.25, 0.3) is 0 Å². The zero-order valence-electron chi connectivity index (χ0n) is 18.7. The monoisotopic (exact) mass is 429 g/mol. The molecule has 0 atom stereocenters. The van der Waals surface area contributed by atoms with Crippen molar-refractivity contribution < 1.29 is 24.2 Å². The molecular weight excluding hydrogens is 398 g/mol. The van der Waals surface area contributed by atoms with Crippen molar-refractivity contribution in [2.24, 2.45) is 0 Å². The molecule has 0 spiro atoms. The van der Waals surface area contributed by atoms with Gasteiger partial charge in [-0.2, -0.15) is 0 Å². The second-order valence-electron chi connectivity index (χ2n) is 6.99. The lowest BCUT2D eigenvalue weighted by Crippen LogP contribution is -2.35. The second kappa shape index (κ2) is 11.2. The largest absolute Gasteiger partial charge is 0.504 e. The summed E-state index contributed by atoms with van der Waals surface area (Å²) >= 11 is 0. The van der Waals surface area contributed by atoms with Gasteiger partial charge in [0, 0.05) is 30.4 Å². The number of anilines is 1. The predicted octanol–water partition coefficient (Wildman–Crippen LogP) is 3.04. The van der Waals surface area contributed by atoms with E-state index in [2.05, 4.69) is 29.4 Å². The van der Waals surface area contributed by atoms with Gasteiger partial charge in [0.05, 0.1) is 19.8 Å². The highest BCUT2D eigenvalue weighted by molar-refractivity contribution is 6.06. The number of carbonyl (C=O) groups excluding carboxylic acids is 2. The summed E-state index contributed by atoms with van der Waals surface area (Å²) in [5.41, 5.74) is 1.90. The molecule has 2 amide bonds. The summed E-state index contributed by atoms with van der Waals surface area (Å²) in [6.45, 7) is 9.11. The summed E-state index contributed by atoms with van der Waals surface area (Å²) in [4.78, 5) is 27.5. The van der Waals surface area contributed by atoms with E-state index < -0.39 is 5.91 Å². The minimum atomic E-state index is -0.403. The lowest BCUT2D eigenvalue weighted by Gasteiger charge is -2.19. The molecule has 0 saturated carbocycles. The number of nitrogens with one attached hydrogen (secondary N) is 2. The second-order valence-corrected chi connectivity index (χ2v) is 6.99. The van der Waals surface area contributed by atoms with Crippen LogP contribution in [0.3, 0.4) is 0 Å². The number of benzene rings is 2. The van der Waals surface area contributed by atoms with Gasteiger partial charge in [0.25, 0.3) is 11.8 Å². The van der Waals surface area contributed by atoms with Crippen LogP contribution >= 0.6 is 0 Å². The van der Waals surface area contributed by atoms with Crippen LogP contribution in [0.1, 0.15) is 40.1 Å². The number of methoxy groups -OCH3 is 2. The number of hydrogen-bond acceptors (Lipinski definition) is 6. The molecule has 0 aliphatic heterocycles. The lowest BCUT2D eigenvalue weighted by atomic mass is 10.1. The maximum Gasteiger partial charge on any atom is 0.255 e. The number of hydrogen-bond donors (Lipinski definition) is 3. The summed E-state index contributed by atoms with van der Waals surface area (Å²) in [5.74, 6) is -0.115. The van der Waals surface area contributed by atoms with Gasteiger partial charge in [-0.25, -0.2) is 0 Å². The number of carbonyl (C=O) groups is 2. The van der Waals surface area contributed by atoms with E-state index in [0.717, 1.165) is 19.6 Å². The first-order valence-electron chi connectivity index (χ1n) is 10.2. The number of phenols is 1. The summed E-state index contributed by atoms with van der Waals surface area (Å²) < 4.78 is 10.4. The van der Waals surface area contributed by atoms with Gasteiger partial charge in [-0.1, -0.05) is 13.8 Å². The van der Waals surface area contributed by atoms with Crippen molar-refractivity contribution in [3.8, 4) is 17.2 Å². The van der Waals surface area contributed by atoms with Gasteiger partial charge >= 0.3 is 0 Å². The molecule has 2 aromatic rings. The third-order valence-corrected chi connectivity index (χ3v) is 5.09. The maximum atomic E-state index is 12.7. The number of phenolic OH excluding ortho intramolecular Hbond substituents is 1. The Morgan fingerprint density at radius 1 is 1.00 bits per heavy atom. The molecule has 8 heteroatoms. The first-order chi connectivity index (χ1) is 14.8. The third-order valence-electron chi connectivity index (χ3n) is 5.09. The molecule has 0 heterocycles. The van der Waals surface area contributed by atoms with Crippen LogP contribution in [0.5, 0.6) is 17.2 Å². The third kappa shape index (κ3) is 6.11. The van der Waals surface area contributed by atoms with Crippen molar-refractivity contribution in [1.29, 1.82) is 0 Å². The number of nitrogens with zero attached hydrogens (tertiary/aromatic N) is 1. The Labute approximate surface area is 183 Å². The fourth-order valence-corrected chi connectivity index (χ4v) is 3.16. The minimum Gasteiger partial charge on any atom is -0.504 e. The number of aryl methyl sites for hydroxylation is 1.